The van der Waals surface area contributed by atoms with E-state index < -0.39 is 0 Å². The van der Waals surface area contributed by atoms with Crippen molar-refractivity contribution in [3.63, 3.8) is 0 Å². The molecule has 2 aliphatic heterocycles. The van der Waals surface area contributed by atoms with Crippen molar-refractivity contribution in [2.45, 2.75) is 44.7 Å². The zero-order valence-electron chi connectivity index (χ0n) is 9.02. The van der Waals surface area contributed by atoms with Crippen LogP contribution in [0.15, 0.2) is 0 Å². The molecule has 0 bridgehead atoms. The van der Waals surface area contributed by atoms with Crippen LogP contribution in [-0.4, -0.2) is 25.8 Å². The Morgan fingerprint density at radius 3 is 2.36 bits per heavy atom. The van der Waals surface area contributed by atoms with Crippen LogP contribution in [0.3, 0.4) is 0 Å². The predicted molar refractivity (Wildman–Crippen MR) is 59.0 cm³/mol. The van der Waals surface area contributed by atoms with Gasteiger partial charge in [-0.05, 0) is 63.6 Å². The Hall–Kier alpha value is -0.120. The van der Waals surface area contributed by atoms with Crippen molar-refractivity contribution < 1.29 is 0 Å². The van der Waals surface area contributed by atoms with Crippen molar-refractivity contribution in [1.82, 2.24) is 10.6 Å². The lowest BCUT2D eigenvalue weighted by Crippen LogP contribution is -2.60. The van der Waals surface area contributed by atoms with Crippen molar-refractivity contribution >= 4 is 0 Å². The summed E-state index contributed by atoms with van der Waals surface area (Å²) < 4.78 is 0. The lowest BCUT2D eigenvalue weighted by Gasteiger charge is -2.48. The zero-order chi connectivity index (χ0) is 9.86. The van der Waals surface area contributed by atoms with Crippen LogP contribution in [0.2, 0.25) is 0 Å². The van der Waals surface area contributed by atoms with Gasteiger partial charge in [0.1, 0.15) is 0 Å². The van der Waals surface area contributed by atoms with Crippen molar-refractivity contribution in [1.29, 1.82) is 0 Å². The van der Waals surface area contributed by atoms with Gasteiger partial charge in [-0.3, -0.25) is 0 Å². The van der Waals surface area contributed by atoms with Gasteiger partial charge in [-0.15, -0.1) is 0 Å². The maximum Gasteiger partial charge on any atom is 0.0629 e. The van der Waals surface area contributed by atoms with Gasteiger partial charge < -0.3 is 16.4 Å². The van der Waals surface area contributed by atoms with E-state index in [4.69, 9.17) is 5.73 Å². The van der Waals surface area contributed by atoms with Crippen molar-refractivity contribution in [3.05, 3.63) is 0 Å². The minimum absolute atomic E-state index is 0.524. The van der Waals surface area contributed by atoms with Gasteiger partial charge >= 0.3 is 0 Å². The lowest BCUT2D eigenvalue weighted by atomic mass is 9.69. The summed E-state index contributed by atoms with van der Waals surface area (Å²) >= 11 is 0. The SMILES string of the molecule is NCCCC12CCCNC1NCCC2. The average Bonchev–Trinajstić information content (AvgIpc) is 2.26. The van der Waals surface area contributed by atoms with Crippen LogP contribution in [0.1, 0.15) is 38.5 Å². The fourth-order valence-corrected chi connectivity index (χ4v) is 3.14. The van der Waals surface area contributed by atoms with Gasteiger partial charge in [0.05, 0.1) is 6.17 Å². The third-order valence-corrected chi connectivity index (χ3v) is 3.89. The third kappa shape index (κ3) is 1.95. The average molecular weight is 197 g/mol. The topological polar surface area (TPSA) is 50.1 Å². The maximum absolute atomic E-state index is 5.62. The molecule has 0 aliphatic carbocycles. The summed E-state index contributed by atoms with van der Waals surface area (Å²) in [6.45, 7) is 3.21. The molecule has 14 heavy (non-hydrogen) atoms. The van der Waals surface area contributed by atoms with Crippen LogP contribution in [0.4, 0.5) is 0 Å². The molecule has 0 spiro atoms. The summed E-state index contributed by atoms with van der Waals surface area (Å²) in [7, 11) is 0. The van der Waals surface area contributed by atoms with Crippen molar-refractivity contribution in [3.8, 4) is 0 Å². The number of fused-ring (bicyclic) bond motifs is 1. The fourth-order valence-electron chi connectivity index (χ4n) is 3.14. The summed E-state index contributed by atoms with van der Waals surface area (Å²) in [6.07, 6.45) is 8.49. The van der Waals surface area contributed by atoms with Gasteiger partial charge in [-0.2, -0.15) is 0 Å². The molecule has 0 saturated carbocycles. The minimum atomic E-state index is 0.524. The number of nitrogens with two attached hydrogens (primary N) is 1. The normalized spacial score (nSPS) is 37.9. The Balaban J connectivity index is 2.00. The van der Waals surface area contributed by atoms with Crippen molar-refractivity contribution in [2.75, 3.05) is 19.6 Å². The van der Waals surface area contributed by atoms with Crippen molar-refractivity contribution in [2.24, 2.45) is 11.1 Å². The molecule has 0 atom stereocenters. The quantitative estimate of drug-likeness (QED) is 0.627. The smallest absolute Gasteiger partial charge is 0.0629 e. The minimum Gasteiger partial charge on any atom is -0.330 e. The van der Waals surface area contributed by atoms with Crippen LogP contribution in [-0.2, 0) is 0 Å². The largest absolute Gasteiger partial charge is 0.330 e. The van der Waals surface area contributed by atoms with E-state index in [9.17, 15) is 0 Å². The Bertz CT molecular complexity index is 169. The molecule has 82 valence electrons. The molecule has 2 heterocycles. The molecule has 3 heteroatoms. The number of piperidine rings is 2. The Morgan fingerprint density at radius 2 is 1.79 bits per heavy atom. The summed E-state index contributed by atoms with van der Waals surface area (Å²) in [5.74, 6) is 0. The first-order valence-electron chi connectivity index (χ1n) is 6.04. The van der Waals surface area contributed by atoms with Gasteiger partial charge in [0.25, 0.3) is 0 Å². The van der Waals surface area contributed by atoms with Crippen LogP contribution in [0.25, 0.3) is 0 Å². The number of hydrogen-bond donors (Lipinski definition) is 3. The standard InChI is InChI=1S/C11H23N3/c12-7-1-4-11-5-2-8-13-10(11)14-9-3-6-11/h10,13-14H,1-9,12H2. The Morgan fingerprint density at radius 1 is 1.14 bits per heavy atom. The second kappa shape index (κ2) is 4.60. The number of hydrogen-bond acceptors (Lipinski definition) is 3. The molecule has 4 N–H and O–H groups in total. The molecule has 2 rings (SSSR count). The van der Waals surface area contributed by atoms with Crippen LogP contribution in [0.5, 0.6) is 0 Å². The van der Waals surface area contributed by atoms with Gasteiger partial charge in [-0.25, -0.2) is 0 Å². The molecule has 3 nitrogen and oxygen atoms in total. The molecule has 2 fully saturated rings. The predicted octanol–water partition coefficient (Wildman–Crippen LogP) is 0.805. The van der Waals surface area contributed by atoms with Crippen LogP contribution in [0, 0.1) is 5.41 Å². The molecule has 0 unspecified atom stereocenters. The molecule has 0 aromatic heterocycles. The highest BCUT2D eigenvalue weighted by molar-refractivity contribution is 4.95. The first kappa shape index (κ1) is 10.4. The number of rotatable bonds is 3. The molecular formula is C11H23N3. The zero-order valence-corrected chi connectivity index (χ0v) is 9.02. The Kier molecular flexibility index (Phi) is 3.42. The first-order valence-corrected chi connectivity index (χ1v) is 6.04. The molecule has 2 saturated heterocycles. The highest BCUT2D eigenvalue weighted by Crippen LogP contribution is 2.41. The van der Waals surface area contributed by atoms with E-state index in [0.29, 0.717) is 11.6 Å². The van der Waals surface area contributed by atoms with E-state index in [-0.39, 0.29) is 0 Å². The van der Waals surface area contributed by atoms with Gasteiger partial charge in [0, 0.05) is 0 Å². The van der Waals surface area contributed by atoms with E-state index in [0.717, 1.165) is 6.54 Å². The highest BCUT2D eigenvalue weighted by atomic mass is 15.2. The molecule has 0 aromatic carbocycles. The molecular weight excluding hydrogens is 174 g/mol. The Labute approximate surface area is 86.8 Å². The summed E-state index contributed by atoms with van der Waals surface area (Å²) in [4.78, 5) is 0. The molecule has 2 aliphatic rings. The van der Waals surface area contributed by atoms with Gasteiger partial charge in [-0.1, -0.05) is 0 Å². The second-order valence-corrected chi connectivity index (χ2v) is 4.80. The fraction of sp³-hybridized carbons (Fsp3) is 1.00. The van der Waals surface area contributed by atoms with E-state index in [2.05, 4.69) is 10.6 Å². The highest BCUT2D eigenvalue weighted by Gasteiger charge is 2.41. The lowest BCUT2D eigenvalue weighted by molar-refractivity contribution is 0.0576. The monoisotopic (exact) mass is 197 g/mol. The van der Waals surface area contributed by atoms with E-state index in [1.807, 2.05) is 0 Å². The van der Waals surface area contributed by atoms with Gasteiger partial charge in [0.15, 0.2) is 0 Å². The molecule has 0 aromatic rings. The first-order chi connectivity index (χ1) is 6.87. The molecule has 0 amide bonds. The summed E-state index contributed by atoms with van der Waals surface area (Å²) in [5, 5.41) is 7.24. The second-order valence-electron chi connectivity index (χ2n) is 4.80. The maximum atomic E-state index is 5.62. The van der Waals surface area contributed by atoms with Crippen LogP contribution >= 0.6 is 0 Å². The summed E-state index contributed by atoms with van der Waals surface area (Å²) in [6, 6.07) is 0. The molecule has 0 radical (unpaired) electrons. The number of nitrogens with one attached hydrogen (secondary N) is 2. The van der Waals surface area contributed by atoms with E-state index >= 15 is 0 Å². The summed E-state index contributed by atoms with van der Waals surface area (Å²) in [5.41, 5.74) is 6.15. The van der Waals surface area contributed by atoms with Crippen LogP contribution < -0.4 is 16.4 Å². The third-order valence-electron chi connectivity index (χ3n) is 3.89. The van der Waals surface area contributed by atoms with E-state index in [1.165, 1.54) is 51.6 Å². The van der Waals surface area contributed by atoms with E-state index in [1.54, 1.807) is 0 Å². The van der Waals surface area contributed by atoms with Gasteiger partial charge in [0.2, 0.25) is 0 Å².